The molecule has 0 fully saturated rings. The van der Waals surface area contributed by atoms with Gasteiger partial charge in [-0.3, -0.25) is 4.98 Å². The number of aromatic nitrogens is 1. The van der Waals surface area contributed by atoms with Gasteiger partial charge in [0.25, 0.3) is 0 Å². The van der Waals surface area contributed by atoms with Crippen molar-refractivity contribution >= 4 is 5.96 Å². The molecule has 2 aromatic rings. The van der Waals surface area contributed by atoms with Gasteiger partial charge in [-0.2, -0.15) is 0 Å². The molecule has 5 heteroatoms. The van der Waals surface area contributed by atoms with Crippen LogP contribution in [0.1, 0.15) is 23.7 Å². The predicted octanol–water partition coefficient (Wildman–Crippen LogP) is 2.65. The highest BCUT2D eigenvalue weighted by molar-refractivity contribution is 5.79. The second-order valence-electron chi connectivity index (χ2n) is 5.16. The van der Waals surface area contributed by atoms with Crippen LogP contribution in [0.2, 0.25) is 0 Å². The number of guanidine groups is 1. The number of pyridine rings is 1. The van der Waals surface area contributed by atoms with Gasteiger partial charge >= 0.3 is 0 Å². The first-order valence-corrected chi connectivity index (χ1v) is 7.78. The number of benzene rings is 1. The lowest BCUT2D eigenvalue weighted by molar-refractivity contribution is 0.414. The van der Waals surface area contributed by atoms with E-state index in [1.165, 1.54) is 5.56 Å². The van der Waals surface area contributed by atoms with Gasteiger partial charge in [-0.15, -0.1) is 0 Å². The van der Waals surface area contributed by atoms with Gasteiger partial charge < -0.3 is 15.4 Å². The fourth-order valence-corrected chi connectivity index (χ4v) is 2.11. The van der Waals surface area contributed by atoms with Crippen molar-refractivity contribution in [3.8, 4) is 5.75 Å². The average molecular weight is 312 g/mol. The molecule has 5 nitrogen and oxygen atoms in total. The van der Waals surface area contributed by atoms with Crippen molar-refractivity contribution in [2.45, 2.75) is 26.9 Å². The molecule has 0 aliphatic carbocycles. The number of rotatable bonds is 6. The molecule has 122 valence electrons. The van der Waals surface area contributed by atoms with Crippen molar-refractivity contribution in [2.24, 2.45) is 4.99 Å². The predicted molar refractivity (Wildman–Crippen MR) is 93.6 cm³/mol. The Labute approximate surface area is 137 Å². The second kappa shape index (κ2) is 8.78. The third kappa shape index (κ3) is 5.29. The molecular weight excluding hydrogens is 288 g/mol. The first-order valence-electron chi connectivity index (χ1n) is 7.78. The number of methoxy groups -OCH3 is 1. The molecule has 0 amide bonds. The molecule has 1 aromatic heterocycles. The van der Waals surface area contributed by atoms with Crippen LogP contribution >= 0.6 is 0 Å². The Morgan fingerprint density at radius 3 is 2.61 bits per heavy atom. The standard InChI is InChI=1S/C18H24N4O/c1-4-19-18(22-13-17-14(2)6-5-11-20-17)21-12-15-7-9-16(23-3)10-8-15/h5-11H,4,12-13H2,1-3H3,(H2,19,21,22). The van der Waals surface area contributed by atoms with E-state index in [0.29, 0.717) is 13.1 Å². The van der Waals surface area contributed by atoms with E-state index in [4.69, 9.17) is 4.74 Å². The number of aliphatic imine (C=N–C) groups is 1. The van der Waals surface area contributed by atoms with E-state index in [-0.39, 0.29) is 0 Å². The van der Waals surface area contributed by atoms with Crippen LogP contribution in [0.25, 0.3) is 0 Å². The lowest BCUT2D eigenvalue weighted by Gasteiger charge is -2.12. The van der Waals surface area contributed by atoms with Crippen LogP contribution in [0.4, 0.5) is 0 Å². The van der Waals surface area contributed by atoms with Gasteiger partial charge in [-0.05, 0) is 43.2 Å². The zero-order chi connectivity index (χ0) is 16.5. The van der Waals surface area contributed by atoms with Crippen LogP contribution < -0.4 is 15.4 Å². The summed E-state index contributed by atoms with van der Waals surface area (Å²) in [4.78, 5) is 9.00. The molecular formula is C18H24N4O. The maximum Gasteiger partial charge on any atom is 0.191 e. The Morgan fingerprint density at radius 1 is 1.17 bits per heavy atom. The largest absolute Gasteiger partial charge is 0.497 e. The minimum atomic E-state index is 0.612. The van der Waals surface area contributed by atoms with Gasteiger partial charge in [-0.25, -0.2) is 4.99 Å². The minimum Gasteiger partial charge on any atom is -0.497 e. The smallest absolute Gasteiger partial charge is 0.191 e. The van der Waals surface area contributed by atoms with E-state index < -0.39 is 0 Å². The summed E-state index contributed by atoms with van der Waals surface area (Å²) in [7, 11) is 1.67. The normalized spacial score (nSPS) is 11.2. The number of nitrogens with zero attached hydrogens (tertiary/aromatic N) is 2. The van der Waals surface area contributed by atoms with E-state index in [0.717, 1.165) is 29.5 Å². The van der Waals surface area contributed by atoms with Crippen LogP contribution in [-0.2, 0) is 13.1 Å². The molecule has 0 saturated carbocycles. The van der Waals surface area contributed by atoms with Crippen molar-refractivity contribution in [1.29, 1.82) is 0 Å². The summed E-state index contributed by atoms with van der Waals surface area (Å²) in [5.41, 5.74) is 3.34. The van der Waals surface area contributed by atoms with E-state index >= 15 is 0 Å². The maximum atomic E-state index is 5.16. The van der Waals surface area contributed by atoms with Gasteiger partial charge in [0, 0.05) is 12.7 Å². The summed E-state index contributed by atoms with van der Waals surface area (Å²) in [6.07, 6.45) is 1.81. The SMILES string of the molecule is CCNC(=NCc1ccc(OC)cc1)NCc1ncccc1C. The molecule has 0 aliphatic heterocycles. The zero-order valence-electron chi connectivity index (χ0n) is 14.0. The number of aryl methyl sites for hydroxylation is 1. The summed E-state index contributed by atoms with van der Waals surface area (Å²) >= 11 is 0. The van der Waals surface area contributed by atoms with Gasteiger partial charge in [0.1, 0.15) is 5.75 Å². The lowest BCUT2D eigenvalue weighted by Crippen LogP contribution is -2.37. The molecule has 2 rings (SSSR count). The van der Waals surface area contributed by atoms with Crippen LogP contribution in [0.5, 0.6) is 5.75 Å². The van der Waals surface area contributed by atoms with Crippen molar-refractivity contribution in [3.63, 3.8) is 0 Å². The number of hydrogen-bond donors (Lipinski definition) is 2. The highest BCUT2D eigenvalue weighted by atomic mass is 16.5. The van der Waals surface area contributed by atoms with E-state index in [9.17, 15) is 0 Å². The number of nitrogens with one attached hydrogen (secondary N) is 2. The third-order valence-corrected chi connectivity index (χ3v) is 3.46. The van der Waals surface area contributed by atoms with Crippen LogP contribution in [0.3, 0.4) is 0 Å². The molecule has 0 spiro atoms. The Balaban J connectivity index is 1.97. The Kier molecular flexibility index (Phi) is 6.41. The number of hydrogen-bond acceptors (Lipinski definition) is 3. The Hall–Kier alpha value is -2.56. The monoisotopic (exact) mass is 312 g/mol. The number of ether oxygens (including phenoxy) is 1. The minimum absolute atomic E-state index is 0.612. The van der Waals surface area contributed by atoms with Gasteiger partial charge in [0.05, 0.1) is 25.9 Å². The molecule has 2 N–H and O–H groups in total. The molecule has 0 bridgehead atoms. The fourth-order valence-electron chi connectivity index (χ4n) is 2.11. The summed E-state index contributed by atoms with van der Waals surface area (Å²) in [5.74, 6) is 1.64. The Bertz CT molecular complexity index is 638. The first-order chi connectivity index (χ1) is 11.2. The summed E-state index contributed by atoms with van der Waals surface area (Å²) in [6.45, 7) is 6.19. The molecule has 0 radical (unpaired) electrons. The van der Waals surface area contributed by atoms with E-state index in [1.54, 1.807) is 7.11 Å². The van der Waals surface area contributed by atoms with Gasteiger partial charge in [0.15, 0.2) is 5.96 Å². The molecule has 0 atom stereocenters. The van der Waals surface area contributed by atoms with Gasteiger partial charge in [0.2, 0.25) is 0 Å². The Morgan fingerprint density at radius 2 is 1.96 bits per heavy atom. The fraction of sp³-hybridized carbons (Fsp3) is 0.333. The summed E-state index contributed by atoms with van der Waals surface area (Å²) in [6, 6.07) is 11.9. The lowest BCUT2D eigenvalue weighted by atomic mass is 10.2. The van der Waals surface area contributed by atoms with E-state index in [1.807, 2.05) is 36.5 Å². The molecule has 0 aliphatic rings. The highest BCUT2D eigenvalue weighted by Gasteiger charge is 2.02. The van der Waals surface area contributed by atoms with Crippen molar-refractivity contribution < 1.29 is 4.74 Å². The molecule has 23 heavy (non-hydrogen) atoms. The highest BCUT2D eigenvalue weighted by Crippen LogP contribution is 2.11. The third-order valence-electron chi connectivity index (χ3n) is 3.46. The van der Waals surface area contributed by atoms with Gasteiger partial charge in [-0.1, -0.05) is 18.2 Å². The first kappa shape index (κ1) is 16.8. The van der Waals surface area contributed by atoms with Crippen molar-refractivity contribution in [2.75, 3.05) is 13.7 Å². The molecule has 1 aromatic carbocycles. The zero-order valence-corrected chi connectivity index (χ0v) is 14.0. The molecule has 0 saturated heterocycles. The van der Waals surface area contributed by atoms with Crippen LogP contribution in [-0.4, -0.2) is 24.6 Å². The average Bonchev–Trinajstić information content (AvgIpc) is 2.59. The van der Waals surface area contributed by atoms with Crippen molar-refractivity contribution in [3.05, 3.63) is 59.4 Å². The quantitative estimate of drug-likeness (QED) is 0.636. The second-order valence-corrected chi connectivity index (χ2v) is 5.16. The molecule has 1 heterocycles. The van der Waals surface area contributed by atoms with Crippen LogP contribution in [0.15, 0.2) is 47.6 Å². The van der Waals surface area contributed by atoms with Crippen molar-refractivity contribution in [1.82, 2.24) is 15.6 Å². The summed E-state index contributed by atoms with van der Waals surface area (Å²) < 4.78 is 5.16. The molecule has 0 unspecified atom stereocenters. The van der Waals surface area contributed by atoms with E-state index in [2.05, 4.69) is 40.5 Å². The maximum absolute atomic E-state index is 5.16. The summed E-state index contributed by atoms with van der Waals surface area (Å²) in [5, 5.41) is 6.57. The topological polar surface area (TPSA) is 58.5 Å². The van der Waals surface area contributed by atoms with Crippen LogP contribution in [0, 0.1) is 6.92 Å².